The SMILES string of the molecule is CC(C)(C)OC(=O)N[C@@H](CC(=O)N1CCC[C@H](c2nc3ccccc3[nH]2)C1)Cc1ccc(Cl)cc1. The van der Waals surface area contributed by atoms with Gasteiger partial charge in [0.15, 0.2) is 0 Å². The molecule has 0 aliphatic carbocycles. The van der Waals surface area contributed by atoms with Crippen molar-refractivity contribution in [3.63, 3.8) is 0 Å². The van der Waals surface area contributed by atoms with Crippen LogP contribution >= 0.6 is 11.6 Å². The molecule has 7 nitrogen and oxygen atoms in total. The predicted octanol–water partition coefficient (Wildman–Crippen LogP) is 5.45. The molecule has 1 saturated heterocycles. The van der Waals surface area contributed by atoms with E-state index < -0.39 is 17.7 Å². The molecule has 0 radical (unpaired) electrons. The van der Waals surface area contributed by atoms with Crippen molar-refractivity contribution >= 4 is 34.6 Å². The number of imidazole rings is 1. The molecule has 186 valence electrons. The first-order valence-corrected chi connectivity index (χ1v) is 12.5. The highest BCUT2D eigenvalue weighted by molar-refractivity contribution is 6.30. The number of rotatable bonds is 6. The van der Waals surface area contributed by atoms with E-state index in [0.717, 1.165) is 35.3 Å². The van der Waals surface area contributed by atoms with E-state index in [1.165, 1.54) is 0 Å². The predicted molar refractivity (Wildman–Crippen MR) is 138 cm³/mol. The zero-order chi connectivity index (χ0) is 25.0. The highest BCUT2D eigenvalue weighted by Crippen LogP contribution is 2.27. The second kappa shape index (κ2) is 10.7. The van der Waals surface area contributed by atoms with E-state index in [0.29, 0.717) is 24.5 Å². The second-order valence-corrected chi connectivity index (χ2v) is 10.6. The van der Waals surface area contributed by atoms with Crippen LogP contribution < -0.4 is 5.32 Å². The molecule has 0 bridgehead atoms. The van der Waals surface area contributed by atoms with E-state index in [1.807, 2.05) is 74.2 Å². The summed E-state index contributed by atoms with van der Waals surface area (Å²) < 4.78 is 5.45. The number of hydrogen-bond acceptors (Lipinski definition) is 4. The number of halogens is 1. The Kier molecular flexibility index (Phi) is 7.65. The summed E-state index contributed by atoms with van der Waals surface area (Å²) in [6.45, 7) is 6.77. The van der Waals surface area contributed by atoms with Crippen LogP contribution in [-0.2, 0) is 16.0 Å². The number of piperidine rings is 1. The fraction of sp³-hybridized carbons (Fsp3) is 0.444. The Hall–Kier alpha value is -3.06. The third-order valence-electron chi connectivity index (χ3n) is 6.11. The van der Waals surface area contributed by atoms with Crippen molar-refractivity contribution in [1.29, 1.82) is 0 Å². The zero-order valence-electron chi connectivity index (χ0n) is 20.5. The van der Waals surface area contributed by atoms with Gasteiger partial charge in [0.2, 0.25) is 5.91 Å². The summed E-state index contributed by atoms with van der Waals surface area (Å²) in [5.41, 5.74) is 2.32. The number of carbonyl (C=O) groups is 2. The van der Waals surface area contributed by atoms with Crippen LogP contribution in [0.4, 0.5) is 4.79 Å². The Bertz CT molecular complexity index is 1140. The maximum Gasteiger partial charge on any atom is 0.407 e. The lowest BCUT2D eigenvalue weighted by Gasteiger charge is -2.33. The van der Waals surface area contributed by atoms with Gasteiger partial charge in [-0.15, -0.1) is 0 Å². The summed E-state index contributed by atoms with van der Waals surface area (Å²) in [6, 6.07) is 15.0. The quantitative estimate of drug-likeness (QED) is 0.475. The lowest BCUT2D eigenvalue weighted by atomic mass is 9.96. The third kappa shape index (κ3) is 6.98. The van der Waals surface area contributed by atoms with Gasteiger partial charge >= 0.3 is 6.09 Å². The summed E-state index contributed by atoms with van der Waals surface area (Å²) in [6.07, 6.45) is 2.06. The Labute approximate surface area is 211 Å². The summed E-state index contributed by atoms with van der Waals surface area (Å²) in [5, 5.41) is 3.55. The van der Waals surface area contributed by atoms with Crippen molar-refractivity contribution in [2.24, 2.45) is 0 Å². The highest BCUT2D eigenvalue weighted by Gasteiger charge is 2.29. The number of fused-ring (bicyclic) bond motifs is 1. The van der Waals surface area contributed by atoms with E-state index in [4.69, 9.17) is 21.3 Å². The minimum Gasteiger partial charge on any atom is -0.444 e. The first-order valence-electron chi connectivity index (χ1n) is 12.1. The minimum absolute atomic E-state index is 0.0147. The fourth-order valence-corrected chi connectivity index (χ4v) is 4.61. The largest absolute Gasteiger partial charge is 0.444 e. The molecule has 0 unspecified atom stereocenters. The molecule has 2 amide bonds. The number of carbonyl (C=O) groups excluding carboxylic acids is 2. The number of hydrogen-bond donors (Lipinski definition) is 2. The van der Waals surface area contributed by atoms with Gasteiger partial charge in [-0.3, -0.25) is 4.79 Å². The average molecular weight is 497 g/mol. The second-order valence-electron chi connectivity index (χ2n) is 10.2. The van der Waals surface area contributed by atoms with Crippen molar-refractivity contribution in [2.45, 2.75) is 64.0 Å². The lowest BCUT2D eigenvalue weighted by Crippen LogP contribution is -2.45. The summed E-state index contributed by atoms with van der Waals surface area (Å²) in [7, 11) is 0. The minimum atomic E-state index is -0.619. The first-order chi connectivity index (χ1) is 16.7. The van der Waals surface area contributed by atoms with Crippen LogP contribution in [0, 0.1) is 0 Å². The van der Waals surface area contributed by atoms with E-state index in [9.17, 15) is 9.59 Å². The lowest BCUT2D eigenvalue weighted by molar-refractivity contribution is -0.132. The number of alkyl carbamates (subject to hydrolysis) is 1. The van der Waals surface area contributed by atoms with Gasteiger partial charge < -0.3 is 19.9 Å². The average Bonchev–Trinajstić information content (AvgIpc) is 3.24. The maximum atomic E-state index is 13.4. The molecule has 0 saturated carbocycles. The number of benzene rings is 2. The van der Waals surface area contributed by atoms with Crippen LogP contribution in [-0.4, -0.2) is 51.6 Å². The molecule has 4 rings (SSSR count). The van der Waals surface area contributed by atoms with Crippen molar-refractivity contribution in [1.82, 2.24) is 20.2 Å². The molecule has 1 aliphatic rings. The van der Waals surface area contributed by atoms with E-state index >= 15 is 0 Å². The molecule has 2 heterocycles. The number of nitrogens with one attached hydrogen (secondary N) is 2. The van der Waals surface area contributed by atoms with Crippen LogP contribution in [0.5, 0.6) is 0 Å². The van der Waals surface area contributed by atoms with Gasteiger partial charge in [0, 0.05) is 36.5 Å². The number of nitrogens with zero attached hydrogens (tertiary/aromatic N) is 2. The van der Waals surface area contributed by atoms with Gasteiger partial charge in [0.1, 0.15) is 11.4 Å². The summed E-state index contributed by atoms with van der Waals surface area (Å²) in [4.78, 5) is 35.9. The van der Waals surface area contributed by atoms with E-state index in [2.05, 4.69) is 10.3 Å². The summed E-state index contributed by atoms with van der Waals surface area (Å²) in [5.74, 6) is 1.10. The number of likely N-dealkylation sites (tertiary alicyclic amines) is 1. The van der Waals surface area contributed by atoms with Crippen LogP contribution in [0.15, 0.2) is 48.5 Å². The molecule has 1 aliphatic heterocycles. The molecular formula is C27H33ClN4O3. The first kappa shape index (κ1) is 25.0. The standard InChI is InChI=1S/C27H33ClN4O3/c1-27(2,3)35-26(34)29-21(15-18-10-12-20(28)13-11-18)16-24(33)32-14-6-7-19(17-32)25-30-22-8-4-5-9-23(22)31-25/h4-5,8-13,19,21H,6-7,14-17H2,1-3H3,(H,29,34)(H,30,31)/t19-,21+/m0/s1. The highest BCUT2D eigenvalue weighted by atomic mass is 35.5. The topological polar surface area (TPSA) is 87.3 Å². The van der Waals surface area contributed by atoms with Crippen LogP contribution in [0.2, 0.25) is 5.02 Å². The smallest absolute Gasteiger partial charge is 0.407 e. The van der Waals surface area contributed by atoms with Gasteiger partial charge in [-0.05, 0) is 69.9 Å². The molecule has 2 aromatic carbocycles. The van der Waals surface area contributed by atoms with Gasteiger partial charge in [-0.25, -0.2) is 9.78 Å². The Balaban J connectivity index is 1.44. The molecular weight excluding hydrogens is 464 g/mol. The fourth-order valence-electron chi connectivity index (χ4n) is 4.49. The third-order valence-corrected chi connectivity index (χ3v) is 6.36. The Morgan fingerprint density at radius 1 is 1.20 bits per heavy atom. The molecule has 2 N–H and O–H groups in total. The van der Waals surface area contributed by atoms with Crippen LogP contribution in [0.1, 0.15) is 57.3 Å². The number of H-pyrrole nitrogens is 1. The van der Waals surface area contributed by atoms with Crippen LogP contribution in [0.3, 0.4) is 0 Å². The van der Waals surface area contributed by atoms with Crippen molar-refractivity contribution < 1.29 is 14.3 Å². The monoisotopic (exact) mass is 496 g/mol. The number of amides is 2. The molecule has 35 heavy (non-hydrogen) atoms. The molecule has 8 heteroatoms. The normalized spacial score (nSPS) is 17.3. The van der Waals surface area contributed by atoms with Gasteiger partial charge in [0.05, 0.1) is 11.0 Å². The zero-order valence-corrected chi connectivity index (χ0v) is 21.3. The summed E-state index contributed by atoms with van der Waals surface area (Å²) >= 11 is 6.02. The Morgan fingerprint density at radius 3 is 2.66 bits per heavy atom. The number of aromatic nitrogens is 2. The van der Waals surface area contributed by atoms with Gasteiger partial charge in [-0.2, -0.15) is 0 Å². The maximum absolute atomic E-state index is 13.4. The van der Waals surface area contributed by atoms with Crippen molar-refractivity contribution in [3.8, 4) is 0 Å². The van der Waals surface area contributed by atoms with Gasteiger partial charge in [-0.1, -0.05) is 35.9 Å². The molecule has 2 atom stereocenters. The molecule has 3 aromatic rings. The van der Waals surface area contributed by atoms with Crippen molar-refractivity contribution in [2.75, 3.05) is 13.1 Å². The van der Waals surface area contributed by atoms with Crippen LogP contribution in [0.25, 0.3) is 11.0 Å². The number of aromatic amines is 1. The van der Waals surface area contributed by atoms with Gasteiger partial charge in [0.25, 0.3) is 0 Å². The molecule has 1 fully saturated rings. The molecule has 1 aromatic heterocycles. The van der Waals surface area contributed by atoms with Crippen molar-refractivity contribution in [3.05, 3.63) is 64.9 Å². The Morgan fingerprint density at radius 2 is 1.94 bits per heavy atom. The number of ether oxygens (including phenoxy) is 1. The molecule has 0 spiro atoms. The van der Waals surface area contributed by atoms with E-state index in [1.54, 1.807) is 0 Å². The number of para-hydroxylation sites is 2. The van der Waals surface area contributed by atoms with E-state index in [-0.39, 0.29) is 18.2 Å².